The van der Waals surface area contributed by atoms with Crippen LogP contribution in [0, 0.1) is 0 Å². The number of hydrogen-bond acceptors (Lipinski definition) is 2. The van der Waals surface area contributed by atoms with Crippen molar-refractivity contribution in [1.82, 2.24) is 0 Å². The van der Waals surface area contributed by atoms with E-state index in [9.17, 15) is 9.59 Å². The molecule has 26 heavy (non-hydrogen) atoms. The summed E-state index contributed by atoms with van der Waals surface area (Å²) >= 11 is 0. The minimum Gasteiger partial charge on any atom is -0.478 e. The number of benzene rings is 2. The molecule has 0 heterocycles. The van der Waals surface area contributed by atoms with E-state index in [1.165, 1.54) is 17.5 Å². The first-order valence-corrected chi connectivity index (χ1v) is 8.78. The zero-order chi connectivity index (χ0) is 19.5. The van der Waals surface area contributed by atoms with E-state index in [4.69, 9.17) is 10.8 Å². The van der Waals surface area contributed by atoms with E-state index < -0.39 is 5.97 Å². The first-order chi connectivity index (χ1) is 12.0. The average Bonchev–Trinajstić information content (AvgIpc) is 2.60. The van der Waals surface area contributed by atoms with Crippen LogP contribution in [0.4, 0.5) is 0 Å². The number of amides is 1. The second kappa shape index (κ2) is 7.32. The molecule has 0 saturated carbocycles. The maximum atomic E-state index is 11.3. The summed E-state index contributed by atoms with van der Waals surface area (Å²) in [6, 6.07) is 14.2. The molecular formula is C22H27NO3. The molecule has 0 aliphatic heterocycles. The summed E-state index contributed by atoms with van der Waals surface area (Å²) in [6.07, 6.45) is 2.33. The zero-order valence-corrected chi connectivity index (χ0v) is 15.9. The lowest BCUT2D eigenvalue weighted by atomic mass is 9.63. The van der Waals surface area contributed by atoms with Gasteiger partial charge >= 0.3 is 5.97 Å². The molecule has 4 nitrogen and oxygen atoms in total. The smallest absolute Gasteiger partial charge is 0.335 e. The highest BCUT2D eigenvalue weighted by Gasteiger charge is 2.37. The van der Waals surface area contributed by atoms with Gasteiger partial charge in [0, 0.05) is 5.56 Å². The quantitative estimate of drug-likeness (QED) is 0.833. The summed E-state index contributed by atoms with van der Waals surface area (Å²) in [5, 5.41) is 8.38. The van der Waals surface area contributed by atoms with Crippen LogP contribution < -0.4 is 5.73 Å². The Morgan fingerprint density at radius 2 is 1.38 bits per heavy atom. The monoisotopic (exact) mass is 353 g/mol. The number of nitrogens with two attached hydrogens (primary N) is 1. The molecule has 0 fully saturated rings. The van der Waals surface area contributed by atoms with Gasteiger partial charge in [-0.15, -0.1) is 0 Å². The van der Waals surface area contributed by atoms with Gasteiger partial charge in [-0.3, -0.25) is 4.79 Å². The number of fused-ring (bicyclic) bond motifs is 1. The van der Waals surface area contributed by atoms with Crippen molar-refractivity contribution in [3.8, 4) is 0 Å². The van der Waals surface area contributed by atoms with Crippen LogP contribution in [0.15, 0.2) is 48.5 Å². The van der Waals surface area contributed by atoms with E-state index in [1.54, 1.807) is 30.3 Å². The summed E-state index contributed by atoms with van der Waals surface area (Å²) < 4.78 is 0. The van der Waals surface area contributed by atoms with Gasteiger partial charge in [0.05, 0.1) is 5.56 Å². The molecule has 4 heteroatoms. The summed E-state index contributed by atoms with van der Waals surface area (Å²) in [5.41, 5.74) is 9.29. The maximum Gasteiger partial charge on any atom is 0.335 e. The molecule has 3 N–H and O–H groups in total. The van der Waals surface area contributed by atoms with E-state index in [0.717, 1.165) is 6.42 Å². The van der Waals surface area contributed by atoms with E-state index in [0.29, 0.717) is 11.1 Å². The van der Waals surface area contributed by atoms with Crippen LogP contribution in [0.3, 0.4) is 0 Å². The van der Waals surface area contributed by atoms with Crippen LogP contribution >= 0.6 is 0 Å². The first-order valence-electron chi connectivity index (χ1n) is 8.78. The predicted molar refractivity (Wildman–Crippen MR) is 104 cm³/mol. The van der Waals surface area contributed by atoms with E-state index in [1.807, 2.05) is 12.1 Å². The van der Waals surface area contributed by atoms with Crippen molar-refractivity contribution in [2.45, 2.75) is 51.4 Å². The number of aromatic carboxylic acids is 1. The van der Waals surface area contributed by atoms with Gasteiger partial charge in [-0.1, -0.05) is 52.0 Å². The molecular weight excluding hydrogens is 326 g/mol. The topological polar surface area (TPSA) is 80.4 Å². The maximum absolute atomic E-state index is 11.3. The van der Waals surface area contributed by atoms with Crippen molar-refractivity contribution in [2.24, 2.45) is 5.73 Å². The molecule has 0 spiro atoms. The van der Waals surface area contributed by atoms with Gasteiger partial charge in [-0.25, -0.2) is 4.79 Å². The molecule has 1 aliphatic carbocycles. The number of carboxylic acids is 1. The van der Waals surface area contributed by atoms with Gasteiger partial charge < -0.3 is 10.8 Å². The molecule has 0 radical (unpaired) electrons. The average molecular weight is 353 g/mol. The van der Waals surface area contributed by atoms with Crippen molar-refractivity contribution >= 4 is 11.9 Å². The van der Waals surface area contributed by atoms with Crippen LogP contribution in [0.25, 0.3) is 0 Å². The number of hydrogen-bond donors (Lipinski definition) is 2. The lowest BCUT2D eigenvalue weighted by molar-refractivity contribution is 0.0696. The van der Waals surface area contributed by atoms with Crippen molar-refractivity contribution in [2.75, 3.05) is 0 Å². The number of carbonyl (C=O) groups is 2. The molecule has 3 rings (SSSR count). The van der Waals surface area contributed by atoms with Gasteiger partial charge in [0.2, 0.25) is 5.91 Å². The van der Waals surface area contributed by atoms with Crippen LogP contribution in [0.1, 0.15) is 72.4 Å². The third-order valence-electron chi connectivity index (χ3n) is 5.16. The molecule has 0 atom stereocenters. The Labute approximate surface area is 155 Å². The lowest BCUT2D eigenvalue weighted by Crippen LogP contribution is -2.34. The van der Waals surface area contributed by atoms with E-state index in [2.05, 4.69) is 33.8 Å². The highest BCUT2D eigenvalue weighted by molar-refractivity contribution is 5.93. The Bertz CT molecular complexity index is 807. The predicted octanol–water partition coefficient (Wildman–Crippen LogP) is 4.52. The SMILES string of the molecule is CC1(C)CCC(C)(C)c2cc(C(N)=O)ccc21.O=C(O)c1ccccc1. The second-order valence-electron chi connectivity index (χ2n) is 8.06. The van der Waals surface area contributed by atoms with Gasteiger partial charge in [-0.05, 0) is 59.1 Å². The molecule has 0 saturated heterocycles. The van der Waals surface area contributed by atoms with Crippen LogP contribution in [-0.2, 0) is 10.8 Å². The highest BCUT2D eigenvalue weighted by atomic mass is 16.4. The number of primary amides is 1. The summed E-state index contributed by atoms with van der Waals surface area (Å²) in [4.78, 5) is 21.5. The van der Waals surface area contributed by atoms with Crippen LogP contribution in [-0.4, -0.2) is 17.0 Å². The van der Waals surface area contributed by atoms with Crippen LogP contribution in [0.5, 0.6) is 0 Å². The van der Waals surface area contributed by atoms with E-state index >= 15 is 0 Å². The highest BCUT2D eigenvalue weighted by Crippen LogP contribution is 2.45. The van der Waals surface area contributed by atoms with Crippen molar-refractivity contribution in [3.63, 3.8) is 0 Å². The molecule has 0 bridgehead atoms. The van der Waals surface area contributed by atoms with Crippen molar-refractivity contribution in [1.29, 1.82) is 0 Å². The molecule has 0 aromatic heterocycles. The Kier molecular flexibility index (Phi) is 5.55. The largest absolute Gasteiger partial charge is 0.478 e. The summed E-state index contributed by atoms with van der Waals surface area (Å²) in [6.45, 7) is 9.02. The Morgan fingerprint density at radius 1 is 0.846 bits per heavy atom. The van der Waals surface area contributed by atoms with Gasteiger partial charge in [0.1, 0.15) is 0 Å². The van der Waals surface area contributed by atoms with Gasteiger partial charge in [0.25, 0.3) is 0 Å². The molecule has 0 unspecified atom stereocenters. The van der Waals surface area contributed by atoms with Crippen molar-refractivity contribution < 1.29 is 14.7 Å². The molecule has 2 aromatic carbocycles. The fourth-order valence-corrected chi connectivity index (χ4v) is 3.32. The van der Waals surface area contributed by atoms with Gasteiger partial charge in [0.15, 0.2) is 0 Å². The fraction of sp³-hybridized carbons (Fsp3) is 0.364. The van der Waals surface area contributed by atoms with E-state index in [-0.39, 0.29) is 16.7 Å². The molecule has 1 amide bonds. The zero-order valence-electron chi connectivity index (χ0n) is 15.9. The Hall–Kier alpha value is -2.62. The third-order valence-corrected chi connectivity index (χ3v) is 5.16. The minimum absolute atomic E-state index is 0.135. The molecule has 2 aromatic rings. The van der Waals surface area contributed by atoms with Gasteiger partial charge in [-0.2, -0.15) is 0 Å². The lowest BCUT2D eigenvalue weighted by Gasteiger charge is -2.41. The summed E-state index contributed by atoms with van der Waals surface area (Å²) in [5.74, 6) is -1.22. The minimum atomic E-state index is -0.879. The molecule has 1 aliphatic rings. The van der Waals surface area contributed by atoms with Crippen LogP contribution in [0.2, 0.25) is 0 Å². The fourth-order valence-electron chi connectivity index (χ4n) is 3.32. The Balaban J connectivity index is 0.000000228. The summed E-state index contributed by atoms with van der Waals surface area (Å²) in [7, 11) is 0. The second-order valence-corrected chi connectivity index (χ2v) is 8.06. The number of rotatable bonds is 2. The normalized spacial score (nSPS) is 16.6. The Morgan fingerprint density at radius 3 is 1.85 bits per heavy atom. The standard InChI is InChI=1S/C15H21NO.C7H6O2/c1-14(2)7-8-15(3,4)12-9-10(13(16)17)5-6-11(12)14;8-7(9)6-4-2-1-3-5-6/h5-6,9H,7-8H2,1-4H3,(H2,16,17);1-5H,(H,8,9). The number of carboxylic acid groups (broad SMARTS) is 1. The molecule has 138 valence electrons. The van der Waals surface area contributed by atoms with Crippen molar-refractivity contribution in [3.05, 3.63) is 70.8 Å². The first kappa shape index (κ1) is 19.7. The third kappa shape index (κ3) is 4.31. The number of carbonyl (C=O) groups excluding carboxylic acids is 1.